The van der Waals surface area contributed by atoms with Crippen molar-refractivity contribution < 1.29 is 19.1 Å². The van der Waals surface area contributed by atoms with Crippen molar-refractivity contribution in [3.63, 3.8) is 0 Å². The van der Waals surface area contributed by atoms with Gasteiger partial charge in [0.25, 0.3) is 0 Å². The van der Waals surface area contributed by atoms with Gasteiger partial charge in [0.05, 0.1) is 12.0 Å². The van der Waals surface area contributed by atoms with Gasteiger partial charge in [-0.2, -0.15) is 0 Å². The number of hydrogen-bond donors (Lipinski definition) is 0. The number of imide groups is 1. The van der Waals surface area contributed by atoms with Crippen molar-refractivity contribution in [2.24, 2.45) is 5.92 Å². The van der Waals surface area contributed by atoms with Crippen molar-refractivity contribution in [3.05, 3.63) is 108 Å². The van der Waals surface area contributed by atoms with Crippen LogP contribution in [0.4, 0.5) is 4.79 Å². The molecule has 1 aliphatic heterocycles. The number of amides is 2. The van der Waals surface area contributed by atoms with Gasteiger partial charge in [0.15, 0.2) is 0 Å². The molecule has 1 aliphatic rings. The Morgan fingerprint density at radius 3 is 1.97 bits per heavy atom. The Labute approximate surface area is 213 Å². The Kier molecular flexibility index (Phi) is 9.25. The van der Waals surface area contributed by atoms with Crippen LogP contribution in [0, 0.1) is 5.92 Å². The molecule has 1 unspecified atom stereocenters. The maximum Gasteiger partial charge on any atom is 0.416 e. The van der Waals surface area contributed by atoms with Crippen LogP contribution < -0.4 is 0 Å². The predicted octanol–water partition coefficient (Wildman–Crippen LogP) is 4.93. The normalized spacial score (nSPS) is 16.2. The molecule has 1 heterocycles. The quantitative estimate of drug-likeness (QED) is 0.363. The van der Waals surface area contributed by atoms with E-state index in [0.717, 1.165) is 5.56 Å². The van der Waals surface area contributed by atoms with E-state index in [1.807, 2.05) is 66.7 Å². The Bertz CT molecular complexity index is 1050. The topological polar surface area (TPSA) is 59.1 Å². The zero-order valence-electron chi connectivity index (χ0n) is 20.8. The molecular weight excluding hydrogens is 452 g/mol. The van der Waals surface area contributed by atoms with Gasteiger partial charge in [-0.3, -0.25) is 9.69 Å². The van der Waals surface area contributed by atoms with E-state index in [9.17, 15) is 9.59 Å². The molecule has 2 atom stereocenters. The fourth-order valence-corrected chi connectivity index (χ4v) is 4.70. The number of nitrogens with zero attached hydrogens (tertiary/aromatic N) is 2. The second kappa shape index (κ2) is 13.0. The van der Waals surface area contributed by atoms with E-state index in [-0.39, 0.29) is 18.6 Å². The molecule has 0 aliphatic carbocycles. The fourth-order valence-electron chi connectivity index (χ4n) is 4.70. The van der Waals surface area contributed by atoms with E-state index >= 15 is 0 Å². The summed E-state index contributed by atoms with van der Waals surface area (Å²) in [6, 6.07) is 30.1. The summed E-state index contributed by atoms with van der Waals surface area (Å²) in [5, 5.41) is 0. The number of carbonyl (C=O) groups is 2. The zero-order valence-corrected chi connectivity index (χ0v) is 20.8. The molecular formula is C30H34N2O4. The number of ether oxygens (including phenoxy) is 2. The number of benzene rings is 3. The third-order valence-corrected chi connectivity index (χ3v) is 6.51. The second-order valence-corrected chi connectivity index (χ2v) is 9.25. The van der Waals surface area contributed by atoms with Crippen LogP contribution in [-0.2, 0) is 33.8 Å². The summed E-state index contributed by atoms with van der Waals surface area (Å²) in [5.74, 6) is -0.595. The van der Waals surface area contributed by atoms with Crippen molar-refractivity contribution in [2.75, 3.05) is 26.9 Å². The van der Waals surface area contributed by atoms with E-state index in [1.54, 1.807) is 7.11 Å². The van der Waals surface area contributed by atoms with Gasteiger partial charge in [0, 0.05) is 33.4 Å². The molecule has 3 aromatic carbocycles. The average molecular weight is 487 g/mol. The molecule has 1 saturated heterocycles. The summed E-state index contributed by atoms with van der Waals surface area (Å²) >= 11 is 0. The number of rotatable bonds is 12. The van der Waals surface area contributed by atoms with Crippen molar-refractivity contribution in [2.45, 2.75) is 32.0 Å². The van der Waals surface area contributed by atoms with Gasteiger partial charge < -0.3 is 9.47 Å². The smallest absolute Gasteiger partial charge is 0.416 e. The second-order valence-electron chi connectivity index (χ2n) is 9.25. The van der Waals surface area contributed by atoms with Gasteiger partial charge in [-0.25, -0.2) is 9.69 Å². The summed E-state index contributed by atoms with van der Waals surface area (Å²) in [4.78, 5) is 30.2. The monoisotopic (exact) mass is 486 g/mol. The lowest BCUT2D eigenvalue weighted by Gasteiger charge is -2.30. The van der Waals surface area contributed by atoms with Crippen LogP contribution in [0.2, 0.25) is 0 Å². The number of carbonyl (C=O) groups excluding carboxylic acids is 2. The van der Waals surface area contributed by atoms with Gasteiger partial charge in [-0.15, -0.1) is 0 Å². The van der Waals surface area contributed by atoms with Gasteiger partial charge in [0.2, 0.25) is 5.91 Å². The highest BCUT2D eigenvalue weighted by molar-refractivity contribution is 5.95. The van der Waals surface area contributed by atoms with Gasteiger partial charge in [-0.1, -0.05) is 91.0 Å². The minimum atomic E-state index is -0.555. The molecule has 1 fully saturated rings. The largest absolute Gasteiger partial charge is 0.447 e. The summed E-state index contributed by atoms with van der Waals surface area (Å²) in [7, 11) is 1.63. The van der Waals surface area contributed by atoms with E-state index in [4.69, 9.17) is 9.47 Å². The van der Waals surface area contributed by atoms with Gasteiger partial charge >= 0.3 is 6.09 Å². The van der Waals surface area contributed by atoms with Crippen molar-refractivity contribution in [1.29, 1.82) is 0 Å². The fraction of sp³-hybridized carbons (Fsp3) is 0.333. The maximum atomic E-state index is 13.8. The predicted molar refractivity (Wildman–Crippen MR) is 139 cm³/mol. The molecule has 36 heavy (non-hydrogen) atoms. The highest BCUT2D eigenvalue weighted by Crippen LogP contribution is 2.23. The first-order chi connectivity index (χ1) is 17.6. The third kappa shape index (κ3) is 7.03. The molecule has 188 valence electrons. The summed E-state index contributed by atoms with van der Waals surface area (Å²) in [6.45, 7) is 2.56. The first-order valence-electron chi connectivity index (χ1n) is 12.5. The molecule has 6 nitrogen and oxygen atoms in total. The molecule has 0 saturated carbocycles. The average Bonchev–Trinajstić information content (AvgIpc) is 3.27. The standard InChI is InChI=1S/C30H34N2O4/c1-35-18-17-27(29(33)32-28(23-36-30(32)34)19-24-11-5-2-6-12-24)22-31(20-25-13-7-3-8-14-25)21-26-15-9-4-10-16-26/h2-16,27-28H,17-23H2,1H3/t27?,28-/m0/s1. The van der Waals surface area contributed by atoms with Gasteiger partial charge in [-0.05, 0) is 29.5 Å². The zero-order chi connectivity index (χ0) is 25.2. The lowest BCUT2D eigenvalue weighted by molar-refractivity contribution is -0.134. The summed E-state index contributed by atoms with van der Waals surface area (Å²) in [6.07, 6.45) is 0.547. The summed E-state index contributed by atoms with van der Waals surface area (Å²) in [5.41, 5.74) is 3.42. The van der Waals surface area contributed by atoms with E-state index in [2.05, 4.69) is 29.2 Å². The van der Waals surface area contributed by atoms with Crippen molar-refractivity contribution >= 4 is 12.0 Å². The molecule has 2 amide bonds. The van der Waals surface area contributed by atoms with Crippen molar-refractivity contribution in [1.82, 2.24) is 9.80 Å². The van der Waals surface area contributed by atoms with Crippen LogP contribution in [-0.4, -0.2) is 54.7 Å². The molecule has 3 aromatic rings. The Hall–Kier alpha value is -3.48. The molecule has 0 spiro atoms. The maximum absolute atomic E-state index is 13.8. The minimum absolute atomic E-state index is 0.193. The number of cyclic esters (lactones) is 1. The summed E-state index contributed by atoms with van der Waals surface area (Å²) < 4.78 is 10.7. The van der Waals surface area contributed by atoms with E-state index in [1.165, 1.54) is 16.0 Å². The lowest BCUT2D eigenvalue weighted by Crippen LogP contribution is -2.46. The van der Waals surface area contributed by atoms with E-state index < -0.39 is 12.0 Å². The SMILES string of the molecule is COCCC(CN(Cc1ccccc1)Cc1ccccc1)C(=O)N1C(=O)OC[C@@H]1Cc1ccccc1. The first-order valence-corrected chi connectivity index (χ1v) is 12.5. The molecule has 0 N–H and O–H groups in total. The van der Waals surface area contributed by atoms with Gasteiger partial charge in [0.1, 0.15) is 6.61 Å². The Morgan fingerprint density at radius 1 is 0.917 bits per heavy atom. The highest BCUT2D eigenvalue weighted by Gasteiger charge is 2.41. The van der Waals surface area contributed by atoms with Crippen LogP contribution in [0.3, 0.4) is 0 Å². The molecule has 0 radical (unpaired) electrons. The number of methoxy groups -OCH3 is 1. The lowest BCUT2D eigenvalue weighted by atomic mass is 9.99. The Balaban J connectivity index is 1.54. The highest BCUT2D eigenvalue weighted by atomic mass is 16.6. The molecule has 4 rings (SSSR count). The Morgan fingerprint density at radius 2 is 1.44 bits per heavy atom. The first kappa shape index (κ1) is 25.6. The minimum Gasteiger partial charge on any atom is -0.447 e. The van der Waals surface area contributed by atoms with Crippen LogP contribution >= 0.6 is 0 Å². The number of hydrogen-bond acceptors (Lipinski definition) is 5. The van der Waals surface area contributed by atoms with Crippen LogP contribution in [0.25, 0.3) is 0 Å². The van der Waals surface area contributed by atoms with Crippen LogP contribution in [0.5, 0.6) is 0 Å². The van der Waals surface area contributed by atoms with Crippen LogP contribution in [0.1, 0.15) is 23.1 Å². The molecule has 0 bridgehead atoms. The van der Waals surface area contributed by atoms with Crippen LogP contribution in [0.15, 0.2) is 91.0 Å². The molecule has 6 heteroatoms. The third-order valence-electron chi connectivity index (χ3n) is 6.51. The van der Waals surface area contributed by atoms with Crippen molar-refractivity contribution in [3.8, 4) is 0 Å². The van der Waals surface area contributed by atoms with E-state index in [0.29, 0.717) is 39.1 Å². The molecule has 0 aromatic heterocycles.